The van der Waals surface area contributed by atoms with Crippen LogP contribution in [0.25, 0.3) is 0 Å². The minimum Gasteiger partial charge on any atom is -0.494 e. The molecular weight excluding hydrogens is 441 g/mol. The first-order chi connectivity index (χ1) is 17.0. The summed E-state index contributed by atoms with van der Waals surface area (Å²) in [4.78, 5) is 18.7. The van der Waals surface area contributed by atoms with Gasteiger partial charge in [-0.15, -0.1) is 0 Å². The first-order valence-corrected chi connectivity index (χ1v) is 13.3. The van der Waals surface area contributed by atoms with Gasteiger partial charge in [0.1, 0.15) is 11.6 Å². The summed E-state index contributed by atoms with van der Waals surface area (Å²) in [5.74, 6) is 0.895. The highest BCUT2D eigenvalue weighted by Gasteiger charge is 2.40. The zero-order valence-corrected chi connectivity index (χ0v) is 21.1. The van der Waals surface area contributed by atoms with Gasteiger partial charge < -0.3 is 15.0 Å². The lowest BCUT2D eigenvalue weighted by molar-refractivity contribution is -0.130. The minimum atomic E-state index is -0.290. The van der Waals surface area contributed by atoms with Gasteiger partial charge >= 0.3 is 0 Å². The highest BCUT2D eigenvalue weighted by atomic mass is 19.1. The number of hydrogen-bond donors (Lipinski definition) is 1. The maximum absolute atomic E-state index is 14.0. The Kier molecular flexibility index (Phi) is 7.28. The molecule has 188 valence electrons. The number of nitrogens with zero attached hydrogens (tertiary/aromatic N) is 2. The number of Topliss-reactive ketones (excluding diaryl/α,β-unsaturated/α-hetero) is 1. The van der Waals surface area contributed by atoms with E-state index in [1.165, 1.54) is 48.2 Å². The van der Waals surface area contributed by atoms with Crippen LogP contribution < -0.4 is 15.0 Å². The molecule has 0 radical (unpaired) electrons. The molecule has 0 bridgehead atoms. The van der Waals surface area contributed by atoms with Crippen LogP contribution >= 0.6 is 0 Å². The topological polar surface area (TPSA) is 44.8 Å². The molecule has 1 N–H and O–H groups in total. The highest BCUT2D eigenvalue weighted by Crippen LogP contribution is 2.34. The molecule has 1 saturated carbocycles. The summed E-state index contributed by atoms with van der Waals surface area (Å²) >= 11 is 0. The summed E-state index contributed by atoms with van der Waals surface area (Å²) in [6, 6.07) is 11.4. The van der Waals surface area contributed by atoms with E-state index in [-0.39, 0.29) is 23.8 Å². The Bertz CT molecular complexity index is 1040. The van der Waals surface area contributed by atoms with Gasteiger partial charge in [0.05, 0.1) is 18.8 Å². The van der Waals surface area contributed by atoms with Crippen LogP contribution in [0.2, 0.25) is 0 Å². The number of anilines is 2. The van der Waals surface area contributed by atoms with E-state index in [0.717, 1.165) is 57.5 Å². The molecule has 3 aliphatic rings. The number of halogens is 1. The summed E-state index contributed by atoms with van der Waals surface area (Å²) in [7, 11) is 1.59. The van der Waals surface area contributed by atoms with E-state index in [4.69, 9.17) is 4.74 Å². The Hall–Kier alpha value is -2.60. The number of aryl methyl sites for hydroxylation is 2. The van der Waals surface area contributed by atoms with E-state index in [9.17, 15) is 9.18 Å². The lowest BCUT2D eigenvalue weighted by atomic mass is 9.80. The number of carbonyl (C=O) groups is 1. The molecular formula is C29H38FN3O2. The normalized spacial score (nSPS) is 22.3. The van der Waals surface area contributed by atoms with Crippen molar-refractivity contribution < 1.29 is 13.9 Å². The summed E-state index contributed by atoms with van der Waals surface area (Å²) in [5, 5.41) is 3.78. The number of fused-ring (bicyclic) bond motifs is 1. The molecule has 0 amide bonds. The SMILES string of the molecule is COc1cc(F)ccc1N1CCN(C(C(=O)C2CCCCC2)C2CCc3ccc(C)cc3N2)CC1. The van der Waals surface area contributed by atoms with Gasteiger partial charge in [-0.05, 0) is 61.9 Å². The van der Waals surface area contributed by atoms with Crippen molar-refractivity contribution in [3.05, 3.63) is 53.3 Å². The third-order valence-electron chi connectivity index (χ3n) is 8.20. The van der Waals surface area contributed by atoms with Crippen molar-refractivity contribution >= 4 is 17.2 Å². The van der Waals surface area contributed by atoms with Crippen LogP contribution in [0.15, 0.2) is 36.4 Å². The number of ketones is 1. The summed E-state index contributed by atoms with van der Waals surface area (Å²) in [5.41, 5.74) is 4.71. The molecule has 1 aliphatic carbocycles. The number of ether oxygens (including phenoxy) is 1. The van der Waals surface area contributed by atoms with E-state index in [0.29, 0.717) is 11.5 Å². The van der Waals surface area contributed by atoms with Crippen molar-refractivity contribution in [2.45, 2.75) is 64.0 Å². The van der Waals surface area contributed by atoms with Crippen LogP contribution in [0.5, 0.6) is 5.75 Å². The predicted octanol–water partition coefficient (Wildman–Crippen LogP) is 5.21. The maximum atomic E-state index is 14.0. The Morgan fingerprint density at radius 3 is 2.54 bits per heavy atom. The number of piperazine rings is 1. The highest BCUT2D eigenvalue weighted by molar-refractivity contribution is 5.88. The van der Waals surface area contributed by atoms with Crippen LogP contribution in [-0.4, -0.2) is 56.1 Å². The molecule has 0 spiro atoms. The first-order valence-electron chi connectivity index (χ1n) is 13.3. The molecule has 2 atom stereocenters. The van der Waals surface area contributed by atoms with Crippen molar-refractivity contribution in [3.63, 3.8) is 0 Å². The Balaban J connectivity index is 1.35. The number of hydrogen-bond acceptors (Lipinski definition) is 5. The molecule has 2 aromatic carbocycles. The maximum Gasteiger partial charge on any atom is 0.155 e. The Morgan fingerprint density at radius 2 is 1.80 bits per heavy atom. The number of methoxy groups -OCH3 is 1. The zero-order valence-electron chi connectivity index (χ0n) is 21.1. The average molecular weight is 480 g/mol. The van der Waals surface area contributed by atoms with Crippen LogP contribution in [-0.2, 0) is 11.2 Å². The lowest BCUT2D eigenvalue weighted by Gasteiger charge is -2.45. The van der Waals surface area contributed by atoms with Gasteiger partial charge in [0.25, 0.3) is 0 Å². The molecule has 2 aliphatic heterocycles. The van der Waals surface area contributed by atoms with E-state index in [2.05, 4.69) is 40.2 Å². The van der Waals surface area contributed by atoms with E-state index < -0.39 is 0 Å². The molecule has 2 unspecified atom stereocenters. The monoisotopic (exact) mass is 479 g/mol. The fourth-order valence-electron chi connectivity index (χ4n) is 6.28. The zero-order chi connectivity index (χ0) is 24.4. The molecule has 6 heteroatoms. The Morgan fingerprint density at radius 1 is 1.03 bits per heavy atom. The second kappa shape index (κ2) is 10.6. The number of benzene rings is 2. The van der Waals surface area contributed by atoms with Crippen LogP contribution in [0.3, 0.4) is 0 Å². The third kappa shape index (κ3) is 5.18. The largest absolute Gasteiger partial charge is 0.494 e. The number of carbonyl (C=O) groups excluding carboxylic acids is 1. The number of rotatable bonds is 6. The molecule has 1 saturated heterocycles. The van der Waals surface area contributed by atoms with Crippen molar-refractivity contribution in [3.8, 4) is 5.75 Å². The number of nitrogens with one attached hydrogen (secondary N) is 1. The summed E-state index contributed by atoms with van der Waals surface area (Å²) < 4.78 is 19.2. The van der Waals surface area contributed by atoms with Crippen LogP contribution in [0, 0.1) is 18.7 Å². The first kappa shape index (κ1) is 24.1. The molecule has 2 aromatic rings. The Labute approximate surface area is 208 Å². The summed E-state index contributed by atoms with van der Waals surface area (Å²) in [6.45, 7) is 5.32. The average Bonchev–Trinajstić information content (AvgIpc) is 2.89. The van der Waals surface area contributed by atoms with Crippen molar-refractivity contribution in [2.24, 2.45) is 5.92 Å². The second-order valence-corrected chi connectivity index (χ2v) is 10.5. The lowest BCUT2D eigenvalue weighted by Crippen LogP contribution is -2.60. The van der Waals surface area contributed by atoms with Crippen molar-refractivity contribution in [1.29, 1.82) is 0 Å². The van der Waals surface area contributed by atoms with Gasteiger partial charge in [-0.2, -0.15) is 0 Å². The van der Waals surface area contributed by atoms with E-state index in [1.54, 1.807) is 13.2 Å². The van der Waals surface area contributed by atoms with Crippen molar-refractivity contribution in [2.75, 3.05) is 43.5 Å². The van der Waals surface area contributed by atoms with Gasteiger partial charge in [0.15, 0.2) is 5.78 Å². The van der Waals surface area contributed by atoms with Crippen molar-refractivity contribution in [1.82, 2.24) is 4.90 Å². The smallest absolute Gasteiger partial charge is 0.155 e. The molecule has 5 rings (SSSR count). The van der Waals surface area contributed by atoms with E-state index in [1.807, 2.05) is 0 Å². The van der Waals surface area contributed by atoms with Gasteiger partial charge in [-0.25, -0.2) is 4.39 Å². The molecule has 35 heavy (non-hydrogen) atoms. The van der Waals surface area contributed by atoms with Gasteiger partial charge in [0.2, 0.25) is 0 Å². The standard InChI is InChI=1S/C29H38FN3O2/c1-20-8-9-21-10-12-24(31-25(21)18-20)28(29(34)22-6-4-3-5-7-22)33-16-14-32(15-17-33)26-13-11-23(30)19-27(26)35-2/h8-9,11,13,18-19,22,24,28,31H,3-7,10,12,14-17H2,1-2H3. The van der Waals surface area contributed by atoms with Crippen LogP contribution in [0.4, 0.5) is 15.8 Å². The third-order valence-corrected chi connectivity index (χ3v) is 8.20. The van der Waals surface area contributed by atoms with Gasteiger partial charge in [-0.3, -0.25) is 9.69 Å². The quantitative estimate of drug-likeness (QED) is 0.616. The van der Waals surface area contributed by atoms with Crippen LogP contribution in [0.1, 0.15) is 49.7 Å². The summed E-state index contributed by atoms with van der Waals surface area (Å²) in [6.07, 6.45) is 7.64. The predicted molar refractivity (Wildman–Crippen MR) is 139 cm³/mol. The second-order valence-electron chi connectivity index (χ2n) is 10.5. The van der Waals surface area contributed by atoms with Gasteiger partial charge in [0, 0.05) is 49.9 Å². The molecule has 5 nitrogen and oxygen atoms in total. The van der Waals surface area contributed by atoms with Gasteiger partial charge in [-0.1, -0.05) is 31.4 Å². The van der Waals surface area contributed by atoms with E-state index >= 15 is 0 Å². The fourth-order valence-corrected chi connectivity index (χ4v) is 6.28. The molecule has 0 aromatic heterocycles. The molecule has 2 fully saturated rings. The fraction of sp³-hybridized carbons (Fsp3) is 0.552. The minimum absolute atomic E-state index is 0.107. The molecule has 2 heterocycles.